The average molecular weight is 618 g/mol. The third-order valence-electron chi connectivity index (χ3n) is 6.00. The Kier molecular flexibility index (Phi) is 7.62. The largest absolute Gasteiger partial charge is 0.760 e. The zero-order chi connectivity index (χ0) is 25.1. The minimum Gasteiger partial charge on any atom is -0.760 e. The van der Waals surface area contributed by atoms with E-state index in [2.05, 4.69) is 81.0 Å². The number of H-pyrrole nitrogens is 1. The molecule has 1 saturated heterocycles. The van der Waals surface area contributed by atoms with Gasteiger partial charge in [0, 0.05) is 66.9 Å². The fourth-order valence-electron chi connectivity index (χ4n) is 4.05. The Bertz CT molecular complexity index is 1390. The monoisotopic (exact) mass is 618 g/mol. The van der Waals surface area contributed by atoms with E-state index in [-0.39, 0.29) is 6.54 Å². The van der Waals surface area contributed by atoms with Crippen molar-refractivity contribution in [1.29, 1.82) is 0 Å². The van der Waals surface area contributed by atoms with Crippen molar-refractivity contribution in [3.63, 3.8) is 0 Å². The molecule has 1 unspecified atom stereocenters. The second-order valence-corrected chi connectivity index (χ2v) is 10.4. The van der Waals surface area contributed by atoms with Gasteiger partial charge in [-0.2, -0.15) is 10.1 Å². The fraction of sp³-hybridized carbons (Fsp3) is 0.261. The van der Waals surface area contributed by atoms with Crippen LogP contribution in [0.25, 0.3) is 10.9 Å². The number of rotatable bonds is 8. The Morgan fingerprint density at radius 2 is 1.94 bits per heavy atom. The van der Waals surface area contributed by atoms with Crippen LogP contribution in [0, 0.1) is 3.57 Å². The lowest BCUT2D eigenvalue weighted by Gasteiger charge is -2.32. The highest BCUT2D eigenvalue weighted by atomic mass is 127. The molecule has 1 aliphatic rings. The van der Waals surface area contributed by atoms with E-state index in [0.29, 0.717) is 11.8 Å². The van der Waals surface area contributed by atoms with Crippen LogP contribution in [0.3, 0.4) is 0 Å². The summed E-state index contributed by atoms with van der Waals surface area (Å²) in [5.41, 5.74) is 3.33. The highest BCUT2D eigenvalue weighted by Gasteiger charge is 2.19. The second kappa shape index (κ2) is 11.0. The van der Waals surface area contributed by atoms with Crippen LogP contribution in [0.1, 0.15) is 5.56 Å². The standard InChI is InChI=1S/C23H26IN9O2S/c1-32-8-10-33(11-9-32)22-17-7-6-16(12-20(17)30-31-22)27-23-25-14-18(24)21(29-23)28-19-5-3-2-4-15(19)13-26-36(34)35/h2-7,12,14,26H,8-11,13H2,1H3,(H,30,31)(H,34,35)(H2,25,27,28,29)/p-1. The molecule has 0 bridgehead atoms. The van der Waals surface area contributed by atoms with Crippen LogP contribution in [0.15, 0.2) is 48.7 Å². The molecule has 11 nitrogen and oxygen atoms in total. The summed E-state index contributed by atoms with van der Waals surface area (Å²) in [7, 11) is 2.14. The van der Waals surface area contributed by atoms with Gasteiger partial charge in [-0.05, 0) is 59.5 Å². The predicted octanol–water partition coefficient (Wildman–Crippen LogP) is 3.08. The number of hydrogen-bond donors (Lipinski definition) is 4. The van der Waals surface area contributed by atoms with Crippen LogP contribution in [0.4, 0.5) is 29.0 Å². The van der Waals surface area contributed by atoms with Gasteiger partial charge in [0.2, 0.25) is 5.95 Å². The summed E-state index contributed by atoms with van der Waals surface area (Å²) in [4.78, 5) is 13.7. The molecule has 36 heavy (non-hydrogen) atoms. The molecule has 2 aromatic carbocycles. The lowest BCUT2D eigenvalue weighted by molar-refractivity contribution is 0.312. The van der Waals surface area contributed by atoms with E-state index < -0.39 is 11.3 Å². The summed E-state index contributed by atoms with van der Waals surface area (Å²) < 4.78 is 25.1. The molecule has 4 aromatic rings. The topological polar surface area (TPSA) is 137 Å². The zero-order valence-corrected chi connectivity index (χ0v) is 22.5. The van der Waals surface area contributed by atoms with E-state index in [1.807, 2.05) is 36.4 Å². The van der Waals surface area contributed by atoms with Gasteiger partial charge in [-0.1, -0.05) is 18.2 Å². The fourth-order valence-corrected chi connectivity index (χ4v) is 4.72. The highest BCUT2D eigenvalue weighted by molar-refractivity contribution is 14.1. The first-order chi connectivity index (χ1) is 17.5. The minimum absolute atomic E-state index is 0.173. The summed E-state index contributed by atoms with van der Waals surface area (Å²) >= 11 is -0.175. The van der Waals surface area contributed by atoms with Gasteiger partial charge in [-0.3, -0.25) is 9.31 Å². The van der Waals surface area contributed by atoms with E-state index in [4.69, 9.17) is 0 Å². The molecule has 5 rings (SSSR count). The van der Waals surface area contributed by atoms with Gasteiger partial charge < -0.3 is 25.0 Å². The first kappa shape index (κ1) is 24.8. The van der Waals surface area contributed by atoms with Gasteiger partial charge in [-0.25, -0.2) is 9.71 Å². The Morgan fingerprint density at radius 1 is 1.14 bits per heavy atom. The average Bonchev–Trinajstić information content (AvgIpc) is 3.29. The number of nitrogens with zero attached hydrogens (tertiary/aromatic N) is 5. The van der Waals surface area contributed by atoms with Crippen molar-refractivity contribution in [2.24, 2.45) is 0 Å². The molecule has 0 spiro atoms. The molecule has 0 amide bonds. The van der Waals surface area contributed by atoms with Crippen molar-refractivity contribution in [3.05, 3.63) is 57.8 Å². The number of hydrogen-bond acceptors (Lipinski definition) is 9. The third kappa shape index (κ3) is 5.75. The number of aromatic amines is 1. The van der Waals surface area contributed by atoms with Crippen LogP contribution < -0.4 is 20.3 Å². The van der Waals surface area contributed by atoms with Crippen LogP contribution >= 0.6 is 22.6 Å². The van der Waals surface area contributed by atoms with Crippen LogP contribution in [0.2, 0.25) is 0 Å². The number of aromatic nitrogens is 4. The van der Waals surface area contributed by atoms with Gasteiger partial charge in [0.15, 0.2) is 5.82 Å². The van der Waals surface area contributed by atoms with E-state index >= 15 is 0 Å². The van der Waals surface area contributed by atoms with E-state index in [1.165, 1.54) is 0 Å². The Balaban J connectivity index is 1.33. The molecule has 2 aromatic heterocycles. The van der Waals surface area contributed by atoms with Crippen molar-refractivity contribution in [2.75, 3.05) is 48.8 Å². The number of likely N-dealkylation sites (N-methyl/N-ethyl adjacent to an activating group) is 1. The molecular formula is C23H25IN9O2S-. The number of nitrogens with one attached hydrogen (secondary N) is 4. The number of benzene rings is 2. The van der Waals surface area contributed by atoms with Gasteiger partial charge in [-0.15, -0.1) is 0 Å². The van der Waals surface area contributed by atoms with Crippen LogP contribution in [-0.4, -0.2) is 67.1 Å². The molecule has 13 heteroatoms. The number of piperazine rings is 1. The molecule has 0 radical (unpaired) electrons. The Labute approximate surface area is 224 Å². The van der Waals surface area contributed by atoms with Gasteiger partial charge in [0.05, 0.1) is 9.09 Å². The van der Waals surface area contributed by atoms with Crippen LogP contribution in [0.5, 0.6) is 0 Å². The molecule has 4 N–H and O–H groups in total. The summed E-state index contributed by atoms with van der Waals surface area (Å²) in [6, 6.07) is 13.5. The normalized spacial score (nSPS) is 15.2. The lowest BCUT2D eigenvalue weighted by Crippen LogP contribution is -2.44. The van der Waals surface area contributed by atoms with Crippen molar-refractivity contribution >= 4 is 73.7 Å². The smallest absolute Gasteiger partial charge is 0.229 e. The maximum absolute atomic E-state index is 10.9. The van der Waals surface area contributed by atoms with Gasteiger partial charge in [0.25, 0.3) is 0 Å². The molecular weight excluding hydrogens is 593 g/mol. The zero-order valence-electron chi connectivity index (χ0n) is 19.5. The third-order valence-corrected chi connectivity index (χ3v) is 7.17. The second-order valence-electron chi connectivity index (χ2n) is 8.45. The summed E-state index contributed by atoms with van der Waals surface area (Å²) in [6.45, 7) is 4.13. The van der Waals surface area contributed by atoms with Gasteiger partial charge >= 0.3 is 0 Å². The molecule has 0 aliphatic carbocycles. The quantitative estimate of drug-likeness (QED) is 0.174. The maximum Gasteiger partial charge on any atom is 0.229 e. The molecule has 1 fully saturated rings. The first-order valence-corrected chi connectivity index (χ1v) is 13.5. The van der Waals surface area contributed by atoms with Gasteiger partial charge in [0.1, 0.15) is 5.82 Å². The Morgan fingerprint density at radius 3 is 2.75 bits per heavy atom. The maximum atomic E-state index is 10.9. The number of para-hydroxylation sites is 1. The first-order valence-electron chi connectivity index (χ1n) is 11.3. The molecule has 1 atom stereocenters. The highest BCUT2D eigenvalue weighted by Crippen LogP contribution is 2.29. The Hall–Kier alpha value is -2.85. The van der Waals surface area contributed by atoms with Crippen molar-refractivity contribution in [2.45, 2.75) is 6.54 Å². The summed E-state index contributed by atoms with van der Waals surface area (Å²) in [5.74, 6) is 2.03. The number of anilines is 5. The van der Waals surface area contributed by atoms with Crippen molar-refractivity contribution < 1.29 is 8.76 Å². The van der Waals surface area contributed by atoms with E-state index in [1.54, 1.807) is 6.20 Å². The summed E-state index contributed by atoms with van der Waals surface area (Å²) in [6.07, 6.45) is 1.73. The van der Waals surface area contributed by atoms with Crippen LogP contribution in [-0.2, 0) is 17.8 Å². The molecule has 188 valence electrons. The number of fused-ring (bicyclic) bond motifs is 1. The lowest BCUT2D eigenvalue weighted by atomic mass is 10.2. The SMILES string of the molecule is CN1CCN(c2n[nH]c3cc(Nc4ncc(I)c(Nc5ccccc5CNS(=O)[O-])n4)ccc23)CC1. The molecule has 1 aliphatic heterocycles. The van der Waals surface area contributed by atoms with E-state index in [0.717, 1.165) is 63.4 Å². The predicted molar refractivity (Wildman–Crippen MR) is 149 cm³/mol. The van der Waals surface area contributed by atoms with E-state index in [9.17, 15) is 8.76 Å². The number of halogens is 1. The van der Waals surface area contributed by atoms with Crippen molar-refractivity contribution in [3.8, 4) is 0 Å². The minimum atomic E-state index is -2.34. The molecule has 3 heterocycles. The summed E-state index contributed by atoms with van der Waals surface area (Å²) in [5, 5.41) is 15.4. The van der Waals surface area contributed by atoms with Crippen molar-refractivity contribution in [1.82, 2.24) is 29.8 Å². The molecule has 0 saturated carbocycles.